The van der Waals surface area contributed by atoms with Gasteiger partial charge in [-0.1, -0.05) is 11.6 Å². The van der Waals surface area contributed by atoms with Crippen LogP contribution in [0.2, 0.25) is 5.02 Å². The van der Waals surface area contributed by atoms with Gasteiger partial charge in [0, 0.05) is 18.1 Å². The summed E-state index contributed by atoms with van der Waals surface area (Å²) in [5.74, 6) is 0. The lowest BCUT2D eigenvalue weighted by Gasteiger charge is -2.13. The first-order valence-electron chi connectivity index (χ1n) is 6.38. The van der Waals surface area contributed by atoms with Gasteiger partial charge in [0.15, 0.2) is 0 Å². The third-order valence-electron chi connectivity index (χ3n) is 2.79. The second-order valence-electron chi connectivity index (χ2n) is 4.71. The van der Waals surface area contributed by atoms with Gasteiger partial charge in [0.1, 0.15) is 0 Å². The van der Waals surface area contributed by atoms with E-state index in [4.69, 9.17) is 22.1 Å². The number of hydrogen-bond donors (Lipinski definition) is 2. The number of nitrogens with one attached hydrogen (secondary N) is 1. The van der Waals surface area contributed by atoms with Gasteiger partial charge in [0.05, 0.1) is 17.6 Å². The molecule has 0 radical (unpaired) electrons. The van der Waals surface area contributed by atoms with Crippen LogP contribution >= 0.6 is 11.6 Å². The summed E-state index contributed by atoms with van der Waals surface area (Å²) in [6.45, 7) is 6.28. The van der Waals surface area contributed by atoms with Crippen LogP contribution in [0.3, 0.4) is 0 Å². The average molecular weight is 321 g/mol. The van der Waals surface area contributed by atoms with E-state index in [1.807, 2.05) is 13.8 Å². The second kappa shape index (κ2) is 7.38. The zero-order chi connectivity index (χ0) is 15.3. The van der Waals surface area contributed by atoms with Gasteiger partial charge in [-0.3, -0.25) is 0 Å². The summed E-state index contributed by atoms with van der Waals surface area (Å²) >= 11 is 5.94. The third kappa shape index (κ3) is 4.71. The van der Waals surface area contributed by atoms with E-state index in [1.165, 1.54) is 6.07 Å². The second-order valence-corrected chi connectivity index (χ2v) is 6.88. The van der Waals surface area contributed by atoms with Gasteiger partial charge in [-0.05, 0) is 44.0 Å². The summed E-state index contributed by atoms with van der Waals surface area (Å²) < 4.78 is 32.3. The number of sulfonamides is 1. The maximum Gasteiger partial charge on any atom is 0.240 e. The van der Waals surface area contributed by atoms with Crippen molar-refractivity contribution in [3.8, 4) is 0 Å². The molecule has 7 heteroatoms. The van der Waals surface area contributed by atoms with Crippen LogP contribution in [0.4, 0.5) is 0 Å². The van der Waals surface area contributed by atoms with E-state index in [1.54, 1.807) is 13.0 Å². The minimum atomic E-state index is -3.61. The molecule has 0 amide bonds. The molecule has 0 atom stereocenters. The van der Waals surface area contributed by atoms with Crippen LogP contribution in [0.15, 0.2) is 17.0 Å². The molecule has 114 valence electrons. The number of rotatable bonds is 7. The predicted molar refractivity (Wildman–Crippen MR) is 80.4 cm³/mol. The molecule has 0 fully saturated rings. The van der Waals surface area contributed by atoms with E-state index in [0.717, 1.165) is 5.56 Å². The highest BCUT2D eigenvalue weighted by Gasteiger charge is 2.19. The lowest BCUT2D eigenvalue weighted by atomic mass is 10.1. The molecule has 0 heterocycles. The van der Waals surface area contributed by atoms with Gasteiger partial charge >= 0.3 is 0 Å². The minimum absolute atomic E-state index is 0.0660. The van der Waals surface area contributed by atoms with Crippen molar-refractivity contribution < 1.29 is 13.2 Å². The van der Waals surface area contributed by atoms with Gasteiger partial charge in [0.25, 0.3) is 0 Å². The van der Waals surface area contributed by atoms with Crippen LogP contribution in [-0.4, -0.2) is 27.7 Å². The highest BCUT2D eigenvalue weighted by molar-refractivity contribution is 7.89. The number of hydrogen-bond acceptors (Lipinski definition) is 4. The third-order valence-corrected chi connectivity index (χ3v) is 4.59. The summed E-state index contributed by atoms with van der Waals surface area (Å²) in [6, 6.07) is 3.11. The maximum atomic E-state index is 12.3. The highest BCUT2D eigenvalue weighted by atomic mass is 35.5. The predicted octanol–water partition coefficient (Wildman–Crippen LogP) is 1.81. The van der Waals surface area contributed by atoms with Gasteiger partial charge in [-0.2, -0.15) is 0 Å². The molecule has 0 bridgehead atoms. The zero-order valence-corrected chi connectivity index (χ0v) is 13.5. The van der Waals surface area contributed by atoms with Crippen molar-refractivity contribution in [2.45, 2.75) is 38.3 Å². The number of halogens is 1. The Kier molecular flexibility index (Phi) is 6.42. The average Bonchev–Trinajstić information content (AvgIpc) is 2.36. The zero-order valence-electron chi connectivity index (χ0n) is 11.9. The lowest BCUT2D eigenvalue weighted by molar-refractivity contribution is 0.0834. The molecule has 0 aliphatic heterocycles. The van der Waals surface area contributed by atoms with E-state index < -0.39 is 10.0 Å². The molecule has 0 aromatic heterocycles. The quantitative estimate of drug-likeness (QED) is 0.751. The summed E-state index contributed by atoms with van der Waals surface area (Å²) in [5, 5.41) is 0.356. The van der Waals surface area contributed by atoms with Gasteiger partial charge < -0.3 is 10.5 Å². The molecule has 0 aliphatic rings. The van der Waals surface area contributed by atoms with Crippen LogP contribution in [0.1, 0.15) is 25.0 Å². The monoisotopic (exact) mass is 320 g/mol. The molecule has 0 saturated carbocycles. The first-order chi connectivity index (χ1) is 9.27. The largest absolute Gasteiger partial charge is 0.377 e. The van der Waals surface area contributed by atoms with Crippen LogP contribution in [0, 0.1) is 6.92 Å². The molecule has 5 nitrogen and oxygen atoms in total. The first-order valence-corrected chi connectivity index (χ1v) is 8.24. The first kappa shape index (κ1) is 17.4. The summed E-state index contributed by atoms with van der Waals surface area (Å²) in [5.41, 5.74) is 6.93. The van der Waals surface area contributed by atoms with Crippen LogP contribution in [0.5, 0.6) is 0 Å². The number of nitrogens with two attached hydrogens (primary N) is 1. The molecular weight excluding hydrogens is 300 g/mol. The SMILES string of the molecule is Cc1c(CN)cc(Cl)cc1S(=O)(=O)NCCOC(C)C. The molecule has 1 aromatic carbocycles. The Morgan fingerprint density at radius 3 is 2.60 bits per heavy atom. The minimum Gasteiger partial charge on any atom is -0.377 e. The van der Waals surface area contributed by atoms with Gasteiger partial charge in [-0.15, -0.1) is 0 Å². The summed E-state index contributed by atoms with van der Waals surface area (Å²) in [6.07, 6.45) is 0.0660. The molecule has 20 heavy (non-hydrogen) atoms. The Bertz CT molecular complexity index is 559. The van der Waals surface area contributed by atoms with Crippen molar-refractivity contribution in [3.63, 3.8) is 0 Å². The molecule has 0 unspecified atom stereocenters. The van der Waals surface area contributed by atoms with Crippen molar-refractivity contribution in [2.24, 2.45) is 5.73 Å². The van der Waals surface area contributed by atoms with E-state index in [9.17, 15) is 8.42 Å². The van der Waals surface area contributed by atoms with Crippen molar-refractivity contribution >= 4 is 21.6 Å². The maximum absolute atomic E-state index is 12.3. The fraction of sp³-hybridized carbons (Fsp3) is 0.538. The fourth-order valence-electron chi connectivity index (χ4n) is 1.75. The van der Waals surface area contributed by atoms with Crippen molar-refractivity contribution in [2.75, 3.05) is 13.2 Å². The Morgan fingerprint density at radius 1 is 1.40 bits per heavy atom. The van der Waals surface area contributed by atoms with E-state index in [0.29, 0.717) is 17.2 Å². The Labute approximate surface area is 125 Å². The van der Waals surface area contributed by atoms with Gasteiger partial charge in [0.2, 0.25) is 10.0 Å². The van der Waals surface area contributed by atoms with Crippen molar-refractivity contribution in [1.29, 1.82) is 0 Å². The van der Waals surface area contributed by atoms with E-state index in [-0.39, 0.29) is 24.1 Å². The van der Waals surface area contributed by atoms with E-state index in [2.05, 4.69) is 4.72 Å². The summed E-state index contributed by atoms with van der Waals surface area (Å²) in [7, 11) is -3.61. The van der Waals surface area contributed by atoms with Crippen molar-refractivity contribution in [3.05, 3.63) is 28.3 Å². The van der Waals surface area contributed by atoms with Crippen molar-refractivity contribution in [1.82, 2.24) is 4.72 Å². The van der Waals surface area contributed by atoms with E-state index >= 15 is 0 Å². The Morgan fingerprint density at radius 2 is 2.05 bits per heavy atom. The standard InChI is InChI=1S/C13H21ClN2O3S/c1-9(2)19-5-4-16-20(17,18)13-7-12(14)6-11(8-15)10(13)3/h6-7,9,16H,4-5,8,15H2,1-3H3. The van der Waals surface area contributed by atoms with Gasteiger partial charge in [-0.25, -0.2) is 13.1 Å². The molecule has 3 N–H and O–H groups in total. The van der Waals surface area contributed by atoms with Crippen LogP contribution in [0.25, 0.3) is 0 Å². The fourth-order valence-corrected chi connectivity index (χ4v) is 3.38. The molecule has 1 aromatic rings. The Hall–Kier alpha value is -0.660. The highest BCUT2D eigenvalue weighted by Crippen LogP contribution is 2.24. The molecule has 0 spiro atoms. The molecule has 0 saturated heterocycles. The molecule has 1 rings (SSSR count). The molecule has 0 aliphatic carbocycles. The topological polar surface area (TPSA) is 81.4 Å². The van der Waals surface area contributed by atoms with Crippen LogP contribution < -0.4 is 10.5 Å². The normalized spacial score (nSPS) is 12.1. The summed E-state index contributed by atoms with van der Waals surface area (Å²) in [4.78, 5) is 0.162. The molecular formula is C13H21ClN2O3S. The smallest absolute Gasteiger partial charge is 0.240 e. The Balaban J connectivity index is 2.90. The van der Waals surface area contributed by atoms with Crippen LogP contribution in [-0.2, 0) is 21.3 Å². The lowest BCUT2D eigenvalue weighted by Crippen LogP contribution is -2.29. The number of ether oxygens (including phenoxy) is 1. The number of benzene rings is 1.